The van der Waals surface area contributed by atoms with E-state index in [4.69, 9.17) is 0 Å². The minimum absolute atomic E-state index is 0.111. The second-order valence-corrected chi connectivity index (χ2v) is 6.42. The van der Waals surface area contributed by atoms with Crippen molar-refractivity contribution in [3.63, 3.8) is 0 Å². The number of benzene rings is 1. The summed E-state index contributed by atoms with van der Waals surface area (Å²) < 4.78 is 52.4. The van der Waals surface area contributed by atoms with Gasteiger partial charge < -0.3 is 10.0 Å². The average Bonchev–Trinajstić information content (AvgIpc) is 3.03. The summed E-state index contributed by atoms with van der Waals surface area (Å²) in [5.74, 6) is -3.26. The molecule has 4 nitrogen and oxygen atoms in total. The van der Waals surface area contributed by atoms with E-state index in [1.54, 1.807) is 0 Å². The number of amides is 1. The highest BCUT2D eigenvalue weighted by molar-refractivity contribution is 5.96. The molecule has 0 aromatic heterocycles. The van der Waals surface area contributed by atoms with Crippen molar-refractivity contribution in [2.24, 2.45) is 11.3 Å². The molecule has 2 atom stereocenters. The van der Waals surface area contributed by atoms with Gasteiger partial charge >= 0.3 is 12.1 Å². The lowest BCUT2D eigenvalue weighted by atomic mass is 9.81. The number of likely N-dealkylation sites (tertiary alicyclic amines) is 1. The zero-order valence-corrected chi connectivity index (χ0v) is 12.6. The molecule has 1 aliphatic heterocycles. The number of rotatable bonds is 2. The van der Waals surface area contributed by atoms with Gasteiger partial charge in [-0.1, -0.05) is 6.42 Å². The van der Waals surface area contributed by atoms with Gasteiger partial charge in [-0.15, -0.1) is 0 Å². The number of alkyl halides is 3. The molecule has 130 valence electrons. The first-order valence-corrected chi connectivity index (χ1v) is 7.54. The van der Waals surface area contributed by atoms with Crippen LogP contribution >= 0.6 is 0 Å². The topological polar surface area (TPSA) is 57.6 Å². The van der Waals surface area contributed by atoms with Crippen molar-refractivity contribution < 1.29 is 32.3 Å². The molecule has 24 heavy (non-hydrogen) atoms. The first-order valence-electron chi connectivity index (χ1n) is 7.54. The van der Waals surface area contributed by atoms with Crippen LogP contribution in [0.15, 0.2) is 18.2 Å². The van der Waals surface area contributed by atoms with Crippen LogP contribution in [0, 0.1) is 17.2 Å². The molecule has 1 N–H and O–H groups in total. The minimum atomic E-state index is -4.87. The number of carboxylic acids is 1. The van der Waals surface area contributed by atoms with E-state index in [9.17, 15) is 32.3 Å². The van der Waals surface area contributed by atoms with E-state index in [1.165, 1.54) is 0 Å². The van der Waals surface area contributed by atoms with Crippen molar-refractivity contribution in [3.8, 4) is 0 Å². The Hall–Kier alpha value is -2.12. The third-order valence-corrected chi connectivity index (χ3v) is 5.10. The number of carboxylic acid groups (broad SMARTS) is 1. The van der Waals surface area contributed by atoms with E-state index in [0.717, 1.165) is 23.5 Å². The molecule has 0 bridgehead atoms. The van der Waals surface area contributed by atoms with Crippen LogP contribution in [-0.2, 0) is 11.0 Å². The zero-order valence-electron chi connectivity index (χ0n) is 12.6. The van der Waals surface area contributed by atoms with Crippen molar-refractivity contribution in [2.75, 3.05) is 13.1 Å². The molecule has 1 aliphatic carbocycles. The number of aliphatic carboxylic acids is 1. The summed E-state index contributed by atoms with van der Waals surface area (Å²) in [6.07, 6.45) is -3.10. The van der Waals surface area contributed by atoms with Gasteiger partial charge in [-0.2, -0.15) is 13.2 Å². The fourth-order valence-corrected chi connectivity index (χ4v) is 3.90. The van der Waals surface area contributed by atoms with Crippen LogP contribution in [0.4, 0.5) is 17.6 Å². The summed E-state index contributed by atoms with van der Waals surface area (Å²) in [5.41, 5.74) is -3.06. The highest BCUT2D eigenvalue weighted by atomic mass is 19.4. The van der Waals surface area contributed by atoms with Gasteiger partial charge in [-0.05, 0) is 37.0 Å². The average molecular weight is 345 g/mol. The largest absolute Gasteiger partial charge is 0.481 e. The maximum Gasteiger partial charge on any atom is 0.417 e. The molecule has 0 radical (unpaired) electrons. The lowest BCUT2D eigenvalue weighted by Crippen LogP contribution is -2.37. The fraction of sp³-hybridized carbons (Fsp3) is 0.500. The van der Waals surface area contributed by atoms with E-state index >= 15 is 0 Å². The molecule has 1 aromatic rings. The maximum absolute atomic E-state index is 13.2. The van der Waals surface area contributed by atoms with Gasteiger partial charge in [0.2, 0.25) is 0 Å². The molecule has 1 saturated heterocycles. The minimum Gasteiger partial charge on any atom is -0.481 e. The van der Waals surface area contributed by atoms with Crippen LogP contribution in [0.2, 0.25) is 0 Å². The first-order chi connectivity index (χ1) is 11.1. The molecular formula is C16H15F4NO3. The maximum atomic E-state index is 13.2. The van der Waals surface area contributed by atoms with Crippen molar-refractivity contribution >= 4 is 11.9 Å². The molecule has 1 aromatic carbocycles. The first kappa shape index (κ1) is 16.7. The van der Waals surface area contributed by atoms with Crippen LogP contribution in [-0.4, -0.2) is 35.0 Å². The molecule has 3 rings (SSSR count). The summed E-state index contributed by atoms with van der Waals surface area (Å²) in [6, 6.07) is 1.89. The number of halogens is 4. The van der Waals surface area contributed by atoms with E-state index in [2.05, 4.69) is 0 Å². The van der Waals surface area contributed by atoms with Crippen LogP contribution in [0.3, 0.4) is 0 Å². The predicted octanol–water partition coefficient (Wildman–Crippen LogP) is 3.17. The summed E-state index contributed by atoms with van der Waals surface area (Å²) in [4.78, 5) is 25.3. The van der Waals surface area contributed by atoms with Crippen molar-refractivity contribution in [2.45, 2.75) is 25.4 Å². The summed E-state index contributed by atoms with van der Waals surface area (Å²) in [7, 11) is 0. The van der Waals surface area contributed by atoms with Crippen molar-refractivity contribution in [1.82, 2.24) is 4.90 Å². The number of hydrogen-bond acceptors (Lipinski definition) is 2. The second-order valence-electron chi connectivity index (χ2n) is 6.42. The van der Waals surface area contributed by atoms with E-state index in [-0.39, 0.29) is 25.1 Å². The monoisotopic (exact) mass is 345 g/mol. The van der Waals surface area contributed by atoms with Gasteiger partial charge in [-0.25, -0.2) is 4.39 Å². The van der Waals surface area contributed by atoms with Gasteiger partial charge in [0.15, 0.2) is 0 Å². The number of nitrogens with zero attached hydrogens (tertiary/aromatic N) is 1. The Balaban J connectivity index is 1.93. The highest BCUT2D eigenvalue weighted by Crippen LogP contribution is 2.49. The molecule has 1 saturated carbocycles. The fourth-order valence-electron chi connectivity index (χ4n) is 3.90. The predicted molar refractivity (Wildman–Crippen MR) is 74.7 cm³/mol. The molecule has 2 fully saturated rings. The Labute approximate surface area is 135 Å². The Morgan fingerprint density at radius 1 is 1.29 bits per heavy atom. The molecule has 2 aliphatic rings. The third kappa shape index (κ3) is 2.53. The Bertz CT molecular complexity index is 703. The number of carbonyl (C=O) groups is 2. The van der Waals surface area contributed by atoms with E-state index in [0.29, 0.717) is 12.8 Å². The van der Waals surface area contributed by atoms with Gasteiger partial charge in [0, 0.05) is 13.1 Å². The number of fused-ring (bicyclic) bond motifs is 1. The van der Waals surface area contributed by atoms with Gasteiger partial charge in [0.1, 0.15) is 5.82 Å². The SMILES string of the molecule is O=C(c1ccc(F)cc1C(F)(F)F)N1C[C@@H]2CCC[C@@]2(C(=O)O)C1. The van der Waals surface area contributed by atoms with Crippen LogP contribution < -0.4 is 0 Å². The standard InChI is InChI=1S/C16H15F4NO3/c17-10-3-4-11(12(6-10)16(18,19)20)13(22)21-7-9-2-1-5-15(9,8-21)14(23)24/h3-4,6,9H,1-2,5,7-8H2,(H,23,24)/t9-,15+/m0/s1. The molecule has 8 heteroatoms. The summed E-state index contributed by atoms with van der Waals surface area (Å²) >= 11 is 0. The normalized spacial score (nSPS) is 26.5. The molecular weight excluding hydrogens is 330 g/mol. The van der Waals surface area contributed by atoms with Crippen molar-refractivity contribution in [3.05, 3.63) is 35.1 Å². The lowest BCUT2D eigenvalue weighted by Gasteiger charge is -2.24. The molecule has 1 amide bonds. The van der Waals surface area contributed by atoms with E-state index < -0.39 is 40.4 Å². The molecule has 1 heterocycles. The Morgan fingerprint density at radius 3 is 2.58 bits per heavy atom. The zero-order chi connectivity index (χ0) is 17.7. The van der Waals surface area contributed by atoms with E-state index in [1.807, 2.05) is 0 Å². The number of hydrogen-bond donors (Lipinski definition) is 1. The Morgan fingerprint density at radius 2 is 2.00 bits per heavy atom. The number of carbonyl (C=O) groups excluding carboxylic acids is 1. The van der Waals surface area contributed by atoms with Crippen LogP contribution in [0.1, 0.15) is 35.2 Å². The molecule has 0 unspecified atom stereocenters. The molecule has 0 spiro atoms. The lowest BCUT2D eigenvalue weighted by molar-refractivity contribution is -0.149. The van der Waals surface area contributed by atoms with Gasteiger partial charge in [-0.3, -0.25) is 9.59 Å². The van der Waals surface area contributed by atoms with Gasteiger partial charge in [0.25, 0.3) is 5.91 Å². The third-order valence-electron chi connectivity index (χ3n) is 5.10. The summed E-state index contributed by atoms with van der Waals surface area (Å²) in [5, 5.41) is 9.50. The van der Waals surface area contributed by atoms with Crippen LogP contribution in [0.25, 0.3) is 0 Å². The van der Waals surface area contributed by atoms with Crippen LogP contribution in [0.5, 0.6) is 0 Å². The second kappa shape index (κ2) is 5.46. The van der Waals surface area contributed by atoms with Gasteiger partial charge in [0.05, 0.1) is 16.5 Å². The highest BCUT2D eigenvalue weighted by Gasteiger charge is 2.56. The Kier molecular flexibility index (Phi) is 3.80. The van der Waals surface area contributed by atoms with Crippen molar-refractivity contribution in [1.29, 1.82) is 0 Å². The summed E-state index contributed by atoms with van der Waals surface area (Å²) in [6.45, 7) is 0.000311. The smallest absolute Gasteiger partial charge is 0.417 e. The quantitative estimate of drug-likeness (QED) is 0.838.